The summed E-state index contributed by atoms with van der Waals surface area (Å²) in [6.07, 6.45) is 1.76. The fourth-order valence-electron chi connectivity index (χ4n) is 3.60. The summed E-state index contributed by atoms with van der Waals surface area (Å²) in [7, 11) is 0. The molecule has 0 atom stereocenters. The summed E-state index contributed by atoms with van der Waals surface area (Å²) in [6, 6.07) is 23.8. The van der Waals surface area contributed by atoms with Gasteiger partial charge in [-0.1, -0.05) is 82.4 Å². The monoisotopic (exact) mass is 505 g/mol. The maximum absolute atomic E-state index is 13.2. The van der Waals surface area contributed by atoms with Crippen LogP contribution in [0.2, 0.25) is 0 Å². The number of furan rings is 1. The van der Waals surface area contributed by atoms with E-state index in [0.29, 0.717) is 15.0 Å². The van der Waals surface area contributed by atoms with Crippen LogP contribution in [0, 0.1) is 6.92 Å². The zero-order valence-electron chi connectivity index (χ0n) is 16.5. The van der Waals surface area contributed by atoms with E-state index in [9.17, 15) is 4.79 Å². The molecule has 4 aromatic rings. The topological polar surface area (TPSA) is 33.5 Å². The van der Waals surface area contributed by atoms with Crippen molar-refractivity contribution < 1.29 is 9.21 Å². The number of amides is 1. The smallest absolute Gasteiger partial charge is 0.270 e. The molecule has 3 nitrogen and oxygen atoms in total. The molecule has 6 heteroatoms. The second-order valence-corrected chi connectivity index (χ2v) is 9.73. The molecule has 0 radical (unpaired) electrons. The highest BCUT2D eigenvalue weighted by atomic mass is 79.9. The average molecular weight is 506 g/mol. The van der Waals surface area contributed by atoms with E-state index in [0.717, 1.165) is 32.3 Å². The molecule has 1 amide bonds. The standard InChI is InChI=1S/C25H16BrNO2S2/c1-15-9-11-19(20(26)13-15)22-12-10-17(29-22)14-23-24(28)27(25(30)31-23)21-8-4-6-16-5-2-3-7-18(16)21/h2-14H,1H3/b23-14+. The van der Waals surface area contributed by atoms with Gasteiger partial charge in [0.1, 0.15) is 11.5 Å². The zero-order valence-corrected chi connectivity index (χ0v) is 19.7. The van der Waals surface area contributed by atoms with Crippen LogP contribution in [0.25, 0.3) is 28.2 Å². The second kappa shape index (κ2) is 8.11. The van der Waals surface area contributed by atoms with Gasteiger partial charge in [0.05, 0.1) is 10.6 Å². The van der Waals surface area contributed by atoms with Crippen LogP contribution in [0.15, 0.2) is 86.6 Å². The lowest BCUT2D eigenvalue weighted by Gasteiger charge is -2.17. The van der Waals surface area contributed by atoms with Crippen LogP contribution >= 0.6 is 39.9 Å². The van der Waals surface area contributed by atoms with Crippen LogP contribution in [0.1, 0.15) is 11.3 Å². The first-order valence-corrected chi connectivity index (χ1v) is 11.6. The number of thiocarbonyl (C=S) groups is 1. The molecule has 0 unspecified atom stereocenters. The predicted molar refractivity (Wildman–Crippen MR) is 136 cm³/mol. The highest BCUT2D eigenvalue weighted by Crippen LogP contribution is 2.39. The van der Waals surface area contributed by atoms with Gasteiger partial charge in [0.15, 0.2) is 4.32 Å². The molecule has 1 aliphatic heterocycles. The lowest BCUT2D eigenvalue weighted by atomic mass is 10.1. The third kappa shape index (κ3) is 3.76. The molecule has 0 bridgehead atoms. The number of carbonyl (C=O) groups is 1. The number of nitrogens with zero attached hydrogens (tertiary/aromatic N) is 1. The quantitative estimate of drug-likeness (QED) is 0.212. The van der Waals surface area contributed by atoms with Gasteiger partial charge in [0, 0.05) is 21.5 Å². The molecular formula is C25H16BrNO2S2. The van der Waals surface area contributed by atoms with Gasteiger partial charge >= 0.3 is 0 Å². The summed E-state index contributed by atoms with van der Waals surface area (Å²) in [5.74, 6) is 1.21. The van der Waals surface area contributed by atoms with Crippen LogP contribution in [0.5, 0.6) is 0 Å². The minimum absolute atomic E-state index is 0.138. The third-order valence-corrected chi connectivity index (χ3v) is 7.05. The minimum atomic E-state index is -0.138. The highest BCUT2D eigenvalue weighted by Gasteiger charge is 2.34. The Kier molecular flexibility index (Phi) is 5.30. The van der Waals surface area contributed by atoms with Crippen molar-refractivity contribution in [3.8, 4) is 11.3 Å². The van der Waals surface area contributed by atoms with Gasteiger partial charge in [0.2, 0.25) is 0 Å². The number of aryl methyl sites for hydroxylation is 1. The van der Waals surface area contributed by atoms with Crippen molar-refractivity contribution in [2.45, 2.75) is 6.92 Å². The van der Waals surface area contributed by atoms with E-state index in [4.69, 9.17) is 16.6 Å². The molecule has 5 rings (SSSR count). The Balaban J connectivity index is 1.48. The Labute approximate surface area is 197 Å². The van der Waals surface area contributed by atoms with Crippen molar-refractivity contribution in [3.63, 3.8) is 0 Å². The average Bonchev–Trinajstić information content (AvgIpc) is 3.32. The summed E-state index contributed by atoms with van der Waals surface area (Å²) in [5, 5.41) is 2.06. The van der Waals surface area contributed by atoms with E-state index < -0.39 is 0 Å². The predicted octanol–water partition coefficient (Wildman–Crippen LogP) is 7.58. The number of carbonyl (C=O) groups excluding carboxylic acids is 1. The van der Waals surface area contributed by atoms with Crippen molar-refractivity contribution in [1.82, 2.24) is 0 Å². The zero-order chi connectivity index (χ0) is 21.5. The number of hydrogen-bond acceptors (Lipinski definition) is 4. The van der Waals surface area contributed by atoms with E-state index in [-0.39, 0.29) is 5.91 Å². The van der Waals surface area contributed by atoms with Crippen molar-refractivity contribution in [3.05, 3.63) is 93.5 Å². The molecule has 3 aromatic carbocycles. The number of rotatable bonds is 3. The van der Waals surface area contributed by atoms with Gasteiger partial charge < -0.3 is 4.42 Å². The number of benzene rings is 3. The minimum Gasteiger partial charge on any atom is -0.457 e. The molecule has 0 spiro atoms. The SMILES string of the molecule is Cc1ccc(-c2ccc(/C=C3/SC(=S)N(c4cccc5ccccc45)C3=O)o2)c(Br)c1. The fourth-order valence-corrected chi connectivity index (χ4v) is 5.56. The van der Waals surface area contributed by atoms with Gasteiger partial charge in [-0.25, -0.2) is 0 Å². The molecule has 0 aliphatic carbocycles. The molecule has 1 aliphatic rings. The lowest BCUT2D eigenvalue weighted by Crippen LogP contribution is -2.27. The Hall–Kier alpha value is -2.67. The highest BCUT2D eigenvalue weighted by molar-refractivity contribution is 9.10. The van der Waals surface area contributed by atoms with Crippen LogP contribution < -0.4 is 4.90 Å². The van der Waals surface area contributed by atoms with Crippen LogP contribution in [-0.2, 0) is 4.79 Å². The van der Waals surface area contributed by atoms with Crippen molar-refractivity contribution in [2.24, 2.45) is 0 Å². The summed E-state index contributed by atoms with van der Waals surface area (Å²) in [5.41, 5.74) is 2.93. The fraction of sp³-hybridized carbons (Fsp3) is 0.0400. The third-order valence-electron chi connectivity index (χ3n) is 5.09. The first kappa shape index (κ1) is 20.2. The van der Waals surface area contributed by atoms with E-state index in [1.54, 1.807) is 11.0 Å². The summed E-state index contributed by atoms with van der Waals surface area (Å²) < 4.78 is 7.50. The Morgan fingerprint density at radius 2 is 1.84 bits per heavy atom. The lowest BCUT2D eigenvalue weighted by molar-refractivity contribution is -0.113. The van der Waals surface area contributed by atoms with Crippen molar-refractivity contribution in [1.29, 1.82) is 0 Å². The Bertz CT molecular complexity index is 1380. The number of hydrogen-bond donors (Lipinski definition) is 0. The van der Waals surface area contributed by atoms with Crippen molar-refractivity contribution >= 4 is 72.7 Å². The second-order valence-electron chi connectivity index (χ2n) is 7.20. The summed E-state index contributed by atoms with van der Waals surface area (Å²) in [6.45, 7) is 2.04. The molecule has 1 fully saturated rings. The van der Waals surface area contributed by atoms with Crippen molar-refractivity contribution in [2.75, 3.05) is 4.90 Å². The van der Waals surface area contributed by atoms with Gasteiger partial charge in [-0.3, -0.25) is 9.69 Å². The normalized spacial score (nSPS) is 15.4. The molecular weight excluding hydrogens is 490 g/mol. The van der Waals surface area contributed by atoms with E-state index in [1.165, 1.54) is 17.3 Å². The maximum Gasteiger partial charge on any atom is 0.270 e. The number of halogens is 1. The van der Waals surface area contributed by atoms with Crippen LogP contribution in [0.3, 0.4) is 0 Å². The first-order chi connectivity index (χ1) is 15.0. The molecule has 0 N–H and O–H groups in total. The molecule has 0 saturated carbocycles. The van der Waals surface area contributed by atoms with Gasteiger partial charge in [-0.2, -0.15) is 0 Å². The van der Waals surface area contributed by atoms with Gasteiger partial charge in [-0.15, -0.1) is 0 Å². The Morgan fingerprint density at radius 1 is 1.03 bits per heavy atom. The molecule has 1 saturated heterocycles. The largest absolute Gasteiger partial charge is 0.457 e. The number of thioether (sulfide) groups is 1. The summed E-state index contributed by atoms with van der Waals surface area (Å²) in [4.78, 5) is 15.4. The number of fused-ring (bicyclic) bond motifs is 1. The van der Waals surface area contributed by atoms with E-state index in [2.05, 4.69) is 15.9 Å². The number of anilines is 1. The van der Waals surface area contributed by atoms with Crippen LogP contribution in [-0.4, -0.2) is 10.2 Å². The van der Waals surface area contributed by atoms with Gasteiger partial charge in [0.25, 0.3) is 5.91 Å². The molecule has 31 heavy (non-hydrogen) atoms. The maximum atomic E-state index is 13.2. The van der Waals surface area contributed by atoms with Crippen LogP contribution in [0.4, 0.5) is 5.69 Å². The Morgan fingerprint density at radius 3 is 2.68 bits per heavy atom. The first-order valence-electron chi connectivity index (χ1n) is 9.63. The van der Waals surface area contributed by atoms with E-state index >= 15 is 0 Å². The summed E-state index contributed by atoms with van der Waals surface area (Å²) >= 11 is 10.4. The molecule has 2 heterocycles. The van der Waals surface area contributed by atoms with E-state index in [1.807, 2.05) is 79.7 Å². The molecule has 1 aromatic heterocycles. The molecule has 152 valence electrons. The van der Waals surface area contributed by atoms with Gasteiger partial charge in [-0.05, 0) is 48.2 Å².